The average molecular weight is 361 g/mol. The largest absolute Gasteiger partial charge is 0.435 e. The maximum Gasteiger partial charge on any atom is 0.387 e. The lowest BCUT2D eigenvalue weighted by molar-refractivity contribution is -0.0498. The van der Waals surface area contributed by atoms with E-state index >= 15 is 0 Å². The van der Waals surface area contributed by atoms with E-state index in [1.165, 1.54) is 12.1 Å². The molecule has 2 aromatic carbocycles. The average Bonchev–Trinajstić information content (AvgIpc) is 3.04. The number of alkyl halides is 2. The Labute approximate surface area is 146 Å². The maximum atomic E-state index is 12.2. The molecule has 1 aromatic heterocycles. The molecule has 8 heteroatoms. The molecule has 0 radical (unpaired) electrons. The van der Waals surface area contributed by atoms with Gasteiger partial charge < -0.3 is 4.74 Å². The van der Waals surface area contributed by atoms with Crippen LogP contribution < -0.4 is 10.1 Å². The zero-order chi connectivity index (χ0) is 17.8. The Balaban J connectivity index is 1.69. The monoisotopic (exact) mass is 361 g/mol. The zero-order valence-electron chi connectivity index (χ0n) is 13.1. The summed E-state index contributed by atoms with van der Waals surface area (Å²) >= 11 is 1.04. The highest BCUT2D eigenvalue weighted by molar-refractivity contribution is 7.10. The number of ether oxygens (including phenoxy) is 1. The molecular formula is C17H13F2N3O2S. The van der Waals surface area contributed by atoms with Crippen LogP contribution in [0.1, 0.15) is 15.9 Å². The molecule has 0 aliphatic carbocycles. The van der Waals surface area contributed by atoms with Crippen LogP contribution in [0.2, 0.25) is 0 Å². The molecule has 25 heavy (non-hydrogen) atoms. The molecule has 0 aliphatic heterocycles. The summed E-state index contributed by atoms with van der Waals surface area (Å²) in [5.74, 6) is 0.179. The number of halogens is 2. The molecule has 0 aliphatic rings. The molecule has 128 valence electrons. The summed E-state index contributed by atoms with van der Waals surface area (Å²) in [4.78, 5) is 16.4. The van der Waals surface area contributed by atoms with Crippen LogP contribution >= 0.6 is 11.5 Å². The van der Waals surface area contributed by atoms with Crippen LogP contribution in [0.4, 0.5) is 13.9 Å². The van der Waals surface area contributed by atoms with Crippen LogP contribution in [0.25, 0.3) is 11.4 Å². The third-order valence-electron chi connectivity index (χ3n) is 3.30. The predicted molar refractivity (Wildman–Crippen MR) is 91.1 cm³/mol. The van der Waals surface area contributed by atoms with Crippen molar-refractivity contribution in [2.24, 2.45) is 0 Å². The van der Waals surface area contributed by atoms with Gasteiger partial charge >= 0.3 is 6.61 Å². The number of hydrogen-bond acceptors (Lipinski definition) is 5. The summed E-state index contributed by atoms with van der Waals surface area (Å²) in [7, 11) is 0. The SMILES string of the molecule is Cc1ccc(C(=O)Nc2nc(-c3ccc(OC(F)F)cc3)ns2)cc1. The van der Waals surface area contributed by atoms with Crippen molar-refractivity contribution in [1.82, 2.24) is 9.36 Å². The normalized spacial score (nSPS) is 10.7. The van der Waals surface area contributed by atoms with E-state index in [0.717, 1.165) is 17.1 Å². The fourth-order valence-electron chi connectivity index (χ4n) is 2.05. The summed E-state index contributed by atoms with van der Waals surface area (Å²) in [6, 6.07) is 13.1. The van der Waals surface area contributed by atoms with Crippen molar-refractivity contribution < 1.29 is 18.3 Å². The summed E-state index contributed by atoms with van der Waals surface area (Å²) in [5, 5.41) is 3.04. The Morgan fingerprint density at radius 1 is 1.12 bits per heavy atom. The first-order valence-electron chi connectivity index (χ1n) is 7.28. The molecule has 3 rings (SSSR count). The molecule has 0 fully saturated rings. The van der Waals surface area contributed by atoms with E-state index in [0.29, 0.717) is 22.1 Å². The minimum atomic E-state index is -2.87. The molecule has 3 aromatic rings. The standard InChI is InChI=1S/C17H13F2N3O2S/c1-10-2-4-12(5-3-10)15(23)21-17-20-14(22-25-17)11-6-8-13(9-7-11)24-16(18)19/h2-9,16H,1H3,(H,20,21,22,23). The molecule has 0 unspecified atom stereocenters. The third-order valence-corrected chi connectivity index (χ3v) is 3.93. The summed E-state index contributed by atoms with van der Waals surface area (Å²) < 4.78 is 32.7. The van der Waals surface area contributed by atoms with Gasteiger partial charge in [-0.2, -0.15) is 18.1 Å². The Bertz CT molecular complexity index is 864. The fraction of sp³-hybridized carbons (Fsp3) is 0.118. The maximum absolute atomic E-state index is 12.2. The van der Waals surface area contributed by atoms with Crippen LogP contribution in [-0.4, -0.2) is 21.9 Å². The molecule has 5 nitrogen and oxygen atoms in total. The lowest BCUT2D eigenvalue weighted by Gasteiger charge is -2.04. The van der Waals surface area contributed by atoms with Gasteiger partial charge in [0.05, 0.1) is 0 Å². The van der Waals surface area contributed by atoms with Crippen LogP contribution in [0.5, 0.6) is 5.75 Å². The highest BCUT2D eigenvalue weighted by atomic mass is 32.1. The van der Waals surface area contributed by atoms with Crippen LogP contribution in [0.15, 0.2) is 48.5 Å². The molecular weight excluding hydrogens is 348 g/mol. The first kappa shape index (κ1) is 17.0. The van der Waals surface area contributed by atoms with Crippen molar-refractivity contribution in [2.75, 3.05) is 5.32 Å². The van der Waals surface area contributed by atoms with Gasteiger partial charge in [-0.25, -0.2) is 0 Å². The fourth-order valence-corrected chi connectivity index (χ4v) is 2.64. The Hall–Kier alpha value is -2.87. The molecule has 0 saturated carbocycles. The first-order valence-corrected chi connectivity index (χ1v) is 8.05. The van der Waals surface area contributed by atoms with Crippen LogP contribution in [0.3, 0.4) is 0 Å². The number of nitrogens with one attached hydrogen (secondary N) is 1. The van der Waals surface area contributed by atoms with Crippen molar-refractivity contribution >= 4 is 22.6 Å². The van der Waals surface area contributed by atoms with Gasteiger partial charge in [0.1, 0.15) is 5.75 Å². The van der Waals surface area contributed by atoms with E-state index in [1.54, 1.807) is 24.3 Å². The van der Waals surface area contributed by atoms with Gasteiger partial charge in [0, 0.05) is 22.7 Å². The number of rotatable bonds is 5. The van der Waals surface area contributed by atoms with Crippen molar-refractivity contribution in [1.29, 1.82) is 0 Å². The van der Waals surface area contributed by atoms with Crippen LogP contribution in [-0.2, 0) is 0 Å². The number of anilines is 1. The van der Waals surface area contributed by atoms with Gasteiger partial charge in [-0.15, -0.1) is 0 Å². The number of nitrogens with zero attached hydrogens (tertiary/aromatic N) is 2. The van der Waals surface area contributed by atoms with Gasteiger partial charge in [0.2, 0.25) is 5.13 Å². The number of hydrogen-bond donors (Lipinski definition) is 1. The molecule has 0 saturated heterocycles. The van der Waals surface area contributed by atoms with Gasteiger partial charge in [-0.05, 0) is 43.3 Å². The van der Waals surface area contributed by atoms with Crippen molar-refractivity contribution in [3.05, 3.63) is 59.7 Å². The zero-order valence-corrected chi connectivity index (χ0v) is 13.9. The number of amides is 1. The number of aryl methyl sites for hydroxylation is 1. The van der Waals surface area contributed by atoms with Crippen LogP contribution in [0, 0.1) is 6.92 Å². The molecule has 0 bridgehead atoms. The summed E-state index contributed by atoms with van der Waals surface area (Å²) in [6.45, 7) is -0.928. The van der Waals surface area contributed by atoms with Gasteiger partial charge in [0.15, 0.2) is 5.82 Å². The van der Waals surface area contributed by atoms with E-state index in [1.807, 2.05) is 19.1 Å². The number of carbonyl (C=O) groups is 1. The van der Waals surface area contributed by atoms with Gasteiger partial charge in [-0.3, -0.25) is 10.1 Å². The van der Waals surface area contributed by atoms with Crippen molar-refractivity contribution in [3.63, 3.8) is 0 Å². The van der Waals surface area contributed by atoms with Crippen molar-refractivity contribution in [2.45, 2.75) is 13.5 Å². The number of benzene rings is 2. The lowest BCUT2D eigenvalue weighted by atomic mass is 10.1. The van der Waals surface area contributed by atoms with E-state index < -0.39 is 6.61 Å². The Morgan fingerprint density at radius 2 is 1.80 bits per heavy atom. The smallest absolute Gasteiger partial charge is 0.387 e. The van der Waals surface area contributed by atoms with E-state index in [-0.39, 0.29) is 11.7 Å². The first-order chi connectivity index (χ1) is 12.0. The van der Waals surface area contributed by atoms with Gasteiger partial charge in [0.25, 0.3) is 5.91 Å². The van der Waals surface area contributed by atoms with E-state index in [4.69, 9.17) is 0 Å². The second-order valence-electron chi connectivity index (χ2n) is 5.15. The second kappa shape index (κ2) is 7.35. The third kappa shape index (κ3) is 4.36. The molecule has 1 amide bonds. The highest BCUT2D eigenvalue weighted by Crippen LogP contribution is 2.24. The minimum Gasteiger partial charge on any atom is -0.435 e. The number of carbonyl (C=O) groups excluding carboxylic acids is 1. The minimum absolute atomic E-state index is 0.0573. The molecule has 1 N–H and O–H groups in total. The summed E-state index contributed by atoms with van der Waals surface area (Å²) in [5.41, 5.74) is 2.22. The molecule has 1 heterocycles. The van der Waals surface area contributed by atoms with Gasteiger partial charge in [-0.1, -0.05) is 17.7 Å². The highest BCUT2D eigenvalue weighted by Gasteiger charge is 2.12. The van der Waals surface area contributed by atoms with E-state index in [2.05, 4.69) is 19.4 Å². The molecule has 0 atom stereocenters. The topological polar surface area (TPSA) is 64.1 Å². The Kier molecular flexibility index (Phi) is 4.99. The van der Waals surface area contributed by atoms with E-state index in [9.17, 15) is 13.6 Å². The number of aromatic nitrogens is 2. The predicted octanol–water partition coefficient (Wildman–Crippen LogP) is 4.37. The van der Waals surface area contributed by atoms with Crippen molar-refractivity contribution in [3.8, 4) is 17.1 Å². The second-order valence-corrected chi connectivity index (χ2v) is 5.90. The quantitative estimate of drug-likeness (QED) is 0.733. The lowest BCUT2D eigenvalue weighted by Crippen LogP contribution is -2.11. The Morgan fingerprint density at radius 3 is 2.44 bits per heavy atom. The molecule has 0 spiro atoms. The summed E-state index contributed by atoms with van der Waals surface area (Å²) in [6.07, 6.45) is 0.